The van der Waals surface area contributed by atoms with Gasteiger partial charge in [0.2, 0.25) is 0 Å². The van der Waals surface area contributed by atoms with Crippen molar-refractivity contribution in [3.05, 3.63) is 34.5 Å². The molecule has 0 radical (unpaired) electrons. The van der Waals surface area contributed by atoms with Crippen molar-refractivity contribution >= 4 is 11.3 Å². The van der Waals surface area contributed by atoms with Gasteiger partial charge in [-0.15, -0.1) is 11.3 Å². The maximum absolute atomic E-state index is 8.70. The molecule has 0 spiro atoms. The van der Waals surface area contributed by atoms with Gasteiger partial charge in [0, 0.05) is 0 Å². The van der Waals surface area contributed by atoms with Crippen LogP contribution in [0.1, 0.15) is 16.3 Å². The van der Waals surface area contributed by atoms with Crippen LogP contribution in [0.5, 0.6) is 5.75 Å². The fourth-order valence-corrected chi connectivity index (χ4v) is 2.88. The van der Waals surface area contributed by atoms with Crippen LogP contribution in [0.3, 0.4) is 0 Å². The molecular formula is C14H14N2OS. The number of methoxy groups -OCH3 is 1. The van der Waals surface area contributed by atoms with Crippen molar-refractivity contribution in [1.82, 2.24) is 4.98 Å². The summed E-state index contributed by atoms with van der Waals surface area (Å²) in [4.78, 5) is 5.54. The van der Waals surface area contributed by atoms with E-state index >= 15 is 0 Å². The summed E-state index contributed by atoms with van der Waals surface area (Å²) in [5, 5.41) is 9.58. The highest BCUT2D eigenvalue weighted by atomic mass is 32.1. The van der Waals surface area contributed by atoms with Gasteiger partial charge < -0.3 is 4.74 Å². The lowest BCUT2D eigenvalue weighted by molar-refractivity contribution is 0.412. The van der Waals surface area contributed by atoms with Gasteiger partial charge in [-0.1, -0.05) is 0 Å². The first-order valence-corrected chi connectivity index (χ1v) is 6.45. The van der Waals surface area contributed by atoms with E-state index in [2.05, 4.69) is 17.1 Å². The number of thiazole rings is 1. The largest absolute Gasteiger partial charge is 0.496 e. The van der Waals surface area contributed by atoms with Crippen LogP contribution in [-0.2, 0) is 6.42 Å². The van der Waals surface area contributed by atoms with Gasteiger partial charge in [-0.2, -0.15) is 5.26 Å². The third-order valence-corrected chi connectivity index (χ3v) is 3.93. The van der Waals surface area contributed by atoms with Crippen LogP contribution < -0.4 is 4.74 Å². The van der Waals surface area contributed by atoms with Crippen LogP contribution in [0.2, 0.25) is 0 Å². The summed E-state index contributed by atoms with van der Waals surface area (Å²) in [7, 11) is 1.67. The maximum Gasteiger partial charge on any atom is 0.121 e. The Morgan fingerprint density at radius 3 is 2.78 bits per heavy atom. The van der Waals surface area contributed by atoms with Crippen molar-refractivity contribution in [3.63, 3.8) is 0 Å². The molecule has 0 unspecified atom stereocenters. The highest BCUT2D eigenvalue weighted by molar-refractivity contribution is 7.15. The zero-order valence-corrected chi connectivity index (χ0v) is 11.5. The van der Waals surface area contributed by atoms with Crippen LogP contribution >= 0.6 is 11.3 Å². The maximum atomic E-state index is 8.70. The molecule has 0 aliphatic carbocycles. The standard InChI is InChI=1S/C14H14N2OS/c1-9-8-11(4-5-12(9)17-3)14-10(2)16-13(18-14)6-7-15/h4-5,8H,6H2,1-3H3. The van der Waals surface area contributed by atoms with Crippen LogP contribution in [-0.4, -0.2) is 12.1 Å². The zero-order chi connectivity index (χ0) is 13.1. The molecular weight excluding hydrogens is 244 g/mol. The van der Waals surface area contributed by atoms with E-state index in [4.69, 9.17) is 10.00 Å². The van der Waals surface area contributed by atoms with E-state index in [1.807, 2.05) is 26.0 Å². The average Bonchev–Trinajstić information content (AvgIpc) is 2.71. The monoisotopic (exact) mass is 258 g/mol. The second-order valence-electron chi connectivity index (χ2n) is 4.04. The molecule has 1 aromatic heterocycles. The summed E-state index contributed by atoms with van der Waals surface area (Å²) in [5.41, 5.74) is 3.21. The summed E-state index contributed by atoms with van der Waals surface area (Å²) in [6, 6.07) is 8.22. The van der Waals surface area contributed by atoms with Crippen LogP contribution in [0.4, 0.5) is 0 Å². The summed E-state index contributed by atoms with van der Waals surface area (Å²) < 4.78 is 5.25. The van der Waals surface area contributed by atoms with Gasteiger partial charge >= 0.3 is 0 Å². The van der Waals surface area contributed by atoms with Gasteiger partial charge in [0.05, 0.1) is 30.2 Å². The summed E-state index contributed by atoms with van der Waals surface area (Å²) in [6.07, 6.45) is 0.376. The first-order chi connectivity index (χ1) is 8.65. The van der Waals surface area contributed by atoms with Crippen LogP contribution in [0.25, 0.3) is 10.4 Å². The van der Waals surface area contributed by atoms with Crippen molar-refractivity contribution in [3.8, 4) is 22.3 Å². The molecule has 0 bridgehead atoms. The van der Waals surface area contributed by atoms with Gasteiger partial charge in [0.25, 0.3) is 0 Å². The third-order valence-electron chi connectivity index (χ3n) is 2.73. The highest BCUT2D eigenvalue weighted by Crippen LogP contribution is 2.32. The Hall–Kier alpha value is -1.86. The van der Waals surface area contributed by atoms with Crippen molar-refractivity contribution in [2.24, 2.45) is 0 Å². The highest BCUT2D eigenvalue weighted by Gasteiger charge is 2.10. The Morgan fingerprint density at radius 2 is 2.17 bits per heavy atom. The van der Waals surface area contributed by atoms with E-state index in [1.54, 1.807) is 18.4 Å². The molecule has 0 amide bonds. The first-order valence-electron chi connectivity index (χ1n) is 5.64. The predicted molar refractivity (Wildman–Crippen MR) is 72.9 cm³/mol. The molecule has 1 aromatic carbocycles. The number of benzene rings is 1. The first kappa shape index (κ1) is 12.6. The Balaban J connectivity index is 2.42. The number of aromatic nitrogens is 1. The molecule has 0 saturated carbocycles. The summed E-state index contributed by atoms with van der Waals surface area (Å²) in [6.45, 7) is 4.00. The third kappa shape index (κ3) is 2.36. The fraction of sp³-hybridized carbons (Fsp3) is 0.286. The van der Waals surface area contributed by atoms with E-state index in [0.29, 0.717) is 6.42 Å². The summed E-state index contributed by atoms with van der Waals surface area (Å²) in [5.74, 6) is 0.887. The van der Waals surface area contributed by atoms with Gasteiger partial charge in [-0.3, -0.25) is 0 Å². The predicted octanol–water partition coefficient (Wildman–Crippen LogP) is 3.50. The normalized spacial score (nSPS) is 10.1. The minimum absolute atomic E-state index is 0.376. The van der Waals surface area contributed by atoms with Crippen molar-refractivity contribution < 1.29 is 4.74 Å². The average molecular weight is 258 g/mol. The second kappa shape index (κ2) is 5.19. The van der Waals surface area contributed by atoms with E-state index in [1.165, 1.54) is 0 Å². The molecule has 0 N–H and O–H groups in total. The molecule has 2 aromatic rings. The fourth-order valence-electron chi connectivity index (χ4n) is 1.88. The SMILES string of the molecule is COc1ccc(-c2sc(CC#N)nc2C)cc1C. The number of nitrogens with zero attached hydrogens (tertiary/aromatic N) is 2. The van der Waals surface area contributed by atoms with E-state index < -0.39 is 0 Å². The van der Waals surface area contributed by atoms with Crippen molar-refractivity contribution in [2.45, 2.75) is 20.3 Å². The molecule has 92 valence electrons. The summed E-state index contributed by atoms with van der Waals surface area (Å²) >= 11 is 1.58. The molecule has 0 fully saturated rings. The van der Waals surface area contributed by atoms with Crippen molar-refractivity contribution in [1.29, 1.82) is 5.26 Å². The minimum atomic E-state index is 0.376. The lowest BCUT2D eigenvalue weighted by Crippen LogP contribution is -1.87. The van der Waals surface area contributed by atoms with Crippen LogP contribution in [0.15, 0.2) is 18.2 Å². The molecule has 0 aliphatic heterocycles. The number of ether oxygens (including phenoxy) is 1. The van der Waals surface area contributed by atoms with E-state index in [0.717, 1.165) is 32.5 Å². The lowest BCUT2D eigenvalue weighted by Gasteiger charge is -2.06. The number of hydrogen-bond acceptors (Lipinski definition) is 4. The molecule has 0 saturated heterocycles. The topological polar surface area (TPSA) is 45.9 Å². The van der Waals surface area contributed by atoms with Crippen molar-refractivity contribution in [2.75, 3.05) is 7.11 Å². The second-order valence-corrected chi connectivity index (χ2v) is 5.13. The smallest absolute Gasteiger partial charge is 0.121 e. The molecule has 1 heterocycles. The minimum Gasteiger partial charge on any atom is -0.496 e. The molecule has 0 atom stereocenters. The number of rotatable bonds is 3. The molecule has 0 aliphatic rings. The van der Waals surface area contributed by atoms with Gasteiger partial charge in [0.15, 0.2) is 0 Å². The Bertz CT molecular complexity index is 611. The zero-order valence-electron chi connectivity index (χ0n) is 10.7. The van der Waals surface area contributed by atoms with Gasteiger partial charge in [-0.25, -0.2) is 4.98 Å². The molecule has 18 heavy (non-hydrogen) atoms. The molecule has 4 heteroatoms. The number of hydrogen-bond donors (Lipinski definition) is 0. The molecule has 3 nitrogen and oxygen atoms in total. The quantitative estimate of drug-likeness (QED) is 0.846. The van der Waals surface area contributed by atoms with Gasteiger partial charge in [0.1, 0.15) is 10.8 Å². The Labute approximate surface area is 111 Å². The Kier molecular flexibility index (Phi) is 3.63. The van der Waals surface area contributed by atoms with Crippen LogP contribution in [0, 0.1) is 25.2 Å². The van der Waals surface area contributed by atoms with Gasteiger partial charge in [-0.05, 0) is 43.2 Å². The number of nitriles is 1. The van der Waals surface area contributed by atoms with E-state index in [9.17, 15) is 0 Å². The van der Waals surface area contributed by atoms with E-state index in [-0.39, 0.29) is 0 Å². The Morgan fingerprint density at radius 1 is 1.39 bits per heavy atom. The molecule has 2 rings (SSSR count). The lowest BCUT2D eigenvalue weighted by atomic mass is 10.1. The number of aryl methyl sites for hydroxylation is 2.